The molecule has 1 aliphatic rings. The van der Waals surface area contributed by atoms with Gasteiger partial charge in [-0.05, 0) is 24.6 Å². The van der Waals surface area contributed by atoms with Gasteiger partial charge in [0.05, 0.1) is 29.1 Å². The zero-order valence-corrected chi connectivity index (χ0v) is 13.7. The molecule has 138 valence electrons. The van der Waals surface area contributed by atoms with Crippen molar-refractivity contribution in [2.24, 2.45) is 5.92 Å². The van der Waals surface area contributed by atoms with Gasteiger partial charge in [-0.15, -0.1) is 0 Å². The molecule has 1 atom stereocenters. The minimum atomic E-state index is -4.81. The Kier molecular flexibility index (Phi) is 5.09. The van der Waals surface area contributed by atoms with Crippen LogP contribution < -0.4 is 0 Å². The van der Waals surface area contributed by atoms with Gasteiger partial charge in [-0.1, -0.05) is 0 Å². The van der Waals surface area contributed by atoms with E-state index in [9.17, 15) is 31.2 Å². The number of alkyl halides is 3. The van der Waals surface area contributed by atoms with Crippen molar-refractivity contribution in [3.8, 4) is 0 Å². The summed E-state index contributed by atoms with van der Waals surface area (Å²) in [6.07, 6.45) is -4.78. The van der Waals surface area contributed by atoms with Crippen LogP contribution >= 0.6 is 0 Å². The average Bonchev–Trinajstić information content (AvgIpc) is 3.03. The summed E-state index contributed by atoms with van der Waals surface area (Å²) in [5.74, 6) is -3.27. The van der Waals surface area contributed by atoms with E-state index >= 15 is 0 Å². The number of methoxy groups -OCH3 is 1. The molecule has 1 unspecified atom stereocenters. The van der Waals surface area contributed by atoms with Crippen molar-refractivity contribution in [2.45, 2.75) is 17.5 Å². The van der Waals surface area contributed by atoms with E-state index in [0.717, 1.165) is 17.5 Å². The molecular formula is C14H14F3NO6S. The second kappa shape index (κ2) is 6.64. The van der Waals surface area contributed by atoms with E-state index < -0.39 is 50.1 Å². The Morgan fingerprint density at radius 2 is 1.96 bits per heavy atom. The largest absolute Gasteiger partial charge is 0.481 e. The summed E-state index contributed by atoms with van der Waals surface area (Å²) in [7, 11) is -3.54. The van der Waals surface area contributed by atoms with E-state index in [1.165, 1.54) is 0 Å². The monoisotopic (exact) mass is 381 g/mol. The number of carbonyl (C=O) groups is 2. The molecule has 0 spiro atoms. The van der Waals surface area contributed by atoms with Gasteiger partial charge in [-0.25, -0.2) is 13.2 Å². The Balaban J connectivity index is 2.54. The first-order chi connectivity index (χ1) is 11.5. The quantitative estimate of drug-likeness (QED) is 0.795. The van der Waals surface area contributed by atoms with E-state index in [1.807, 2.05) is 0 Å². The van der Waals surface area contributed by atoms with Crippen LogP contribution in [0.1, 0.15) is 22.3 Å². The highest BCUT2D eigenvalue weighted by atomic mass is 32.2. The van der Waals surface area contributed by atoms with E-state index in [0.29, 0.717) is 12.1 Å². The molecule has 0 aliphatic carbocycles. The third-order valence-corrected chi connectivity index (χ3v) is 5.74. The second-order valence-electron chi connectivity index (χ2n) is 5.39. The number of aliphatic carboxylic acids is 1. The molecular weight excluding hydrogens is 367 g/mol. The van der Waals surface area contributed by atoms with Gasteiger partial charge < -0.3 is 9.84 Å². The van der Waals surface area contributed by atoms with Crippen LogP contribution in [0.15, 0.2) is 23.1 Å². The molecule has 1 N–H and O–H groups in total. The van der Waals surface area contributed by atoms with Crippen molar-refractivity contribution >= 4 is 22.0 Å². The smallest absolute Gasteiger partial charge is 0.416 e. The summed E-state index contributed by atoms with van der Waals surface area (Å²) < 4.78 is 69.3. The highest BCUT2D eigenvalue weighted by Gasteiger charge is 2.39. The number of carbonyl (C=O) groups excluding carboxylic acids is 1. The SMILES string of the molecule is COC(=O)c1ccc(C(F)(F)F)cc1S(=O)(=O)N1CCC(C(=O)O)C1. The molecule has 1 aromatic rings. The standard InChI is InChI=1S/C14H14F3NO6S/c1-24-13(21)10-3-2-9(14(15,16)17)6-11(10)25(22,23)18-5-4-8(7-18)12(19)20/h2-3,6,8H,4-5,7H2,1H3,(H,19,20). The van der Waals surface area contributed by atoms with Crippen molar-refractivity contribution in [3.63, 3.8) is 0 Å². The first-order valence-electron chi connectivity index (χ1n) is 7.01. The molecule has 0 bridgehead atoms. The number of halogens is 3. The Labute approximate surface area is 141 Å². The molecule has 1 heterocycles. The van der Waals surface area contributed by atoms with E-state index in [-0.39, 0.29) is 19.5 Å². The summed E-state index contributed by atoms with van der Waals surface area (Å²) in [6.45, 7) is -0.551. The third-order valence-electron chi connectivity index (χ3n) is 3.83. The van der Waals surface area contributed by atoms with Crippen LogP contribution in [0, 0.1) is 5.92 Å². The summed E-state index contributed by atoms with van der Waals surface area (Å²) in [5, 5.41) is 8.95. The molecule has 0 saturated carbocycles. The summed E-state index contributed by atoms with van der Waals surface area (Å²) in [5.41, 5.74) is -1.79. The van der Waals surface area contributed by atoms with Crippen LogP contribution in [-0.2, 0) is 25.7 Å². The molecule has 1 fully saturated rings. The fourth-order valence-electron chi connectivity index (χ4n) is 2.48. The normalized spacial score (nSPS) is 19.0. The Bertz CT molecular complexity index is 805. The van der Waals surface area contributed by atoms with Crippen molar-refractivity contribution in [1.82, 2.24) is 4.31 Å². The van der Waals surface area contributed by atoms with Gasteiger partial charge in [0.1, 0.15) is 0 Å². The summed E-state index contributed by atoms with van der Waals surface area (Å²) >= 11 is 0. The zero-order chi connectivity index (χ0) is 19.0. The van der Waals surface area contributed by atoms with Gasteiger partial charge in [0.15, 0.2) is 0 Å². The lowest BCUT2D eigenvalue weighted by atomic mass is 10.1. The van der Waals surface area contributed by atoms with Crippen molar-refractivity contribution in [1.29, 1.82) is 0 Å². The minimum Gasteiger partial charge on any atom is -0.481 e. The molecule has 11 heteroatoms. The average molecular weight is 381 g/mol. The van der Waals surface area contributed by atoms with Crippen molar-refractivity contribution in [2.75, 3.05) is 20.2 Å². The van der Waals surface area contributed by atoms with Gasteiger partial charge in [0.25, 0.3) is 0 Å². The first kappa shape index (κ1) is 19.2. The van der Waals surface area contributed by atoms with Crippen LogP contribution in [0.25, 0.3) is 0 Å². The Morgan fingerprint density at radius 3 is 2.44 bits per heavy atom. The number of hydrogen-bond donors (Lipinski definition) is 1. The number of nitrogens with zero attached hydrogens (tertiary/aromatic N) is 1. The fourth-order valence-corrected chi connectivity index (χ4v) is 4.18. The molecule has 0 radical (unpaired) electrons. The maximum absolute atomic E-state index is 12.9. The van der Waals surface area contributed by atoms with Gasteiger partial charge in [-0.2, -0.15) is 17.5 Å². The maximum Gasteiger partial charge on any atom is 0.416 e. The Hall–Kier alpha value is -2.14. The molecule has 2 rings (SSSR count). The predicted octanol–water partition coefficient (Wildman–Crippen LogP) is 1.59. The molecule has 1 aromatic carbocycles. The number of ether oxygens (including phenoxy) is 1. The molecule has 1 saturated heterocycles. The van der Waals surface area contributed by atoms with Crippen LogP contribution in [0.4, 0.5) is 13.2 Å². The van der Waals surface area contributed by atoms with E-state index in [4.69, 9.17) is 5.11 Å². The lowest BCUT2D eigenvalue weighted by molar-refractivity contribution is -0.141. The van der Waals surface area contributed by atoms with Crippen LogP contribution in [-0.4, -0.2) is 50.0 Å². The number of rotatable bonds is 4. The van der Waals surface area contributed by atoms with Crippen LogP contribution in [0.5, 0.6) is 0 Å². The van der Waals surface area contributed by atoms with Gasteiger partial charge in [0, 0.05) is 13.1 Å². The van der Waals surface area contributed by atoms with Crippen LogP contribution in [0.3, 0.4) is 0 Å². The third kappa shape index (κ3) is 3.76. The number of benzene rings is 1. The number of sulfonamides is 1. The topological polar surface area (TPSA) is 101 Å². The zero-order valence-electron chi connectivity index (χ0n) is 12.9. The van der Waals surface area contributed by atoms with E-state index in [1.54, 1.807) is 0 Å². The molecule has 25 heavy (non-hydrogen) atoms. The lowest BCUT2D eigenvalue weighted by Crippen LogP contribution is -2.31. The highest BCUT2D eigenvalue weighted by Crippen LogP contribution is 2.34. The highest BCUT2D eigenvalue weighted by molar-refractivity contribution is 7.89. The molecule has 1 aliphatic heterocycles. The number of hydrogen-bond acceptors (Lipinski definition) is 5. The predicted molar refractivity (Wildman–Crippen MR) is 77.3 cm³/mol. The van der Waals surface area contributed by atoms with Crippen molar-refractivity contribution < 1.29 is 41.0 Å². The molecule has 0 amide bonds. The van der Waals surface area contributed by atoms with E-state index in [2.05, 4.69) is 4.74 Å². The number of carboxylic acids is 1. The van der Waals surface area contributed by atoms with Gasteiger partial charge in [0.2, 0.25) is 10.0 Å². The van der Waals surface area contributed by atoms with Gasteiger partial charge in [-0.3, -0.25) is 4.79 Å². The second-order valence-corrected chi connectivity index (χ2v) is 7.29. The first-order valence-corrected chi connectivity index (χ1v) is 8.45. The lowest BCUT2D eigenvalue weighted by Gasteiger charge is -2.19. The minimum absolute atomic E-state index is 0.0289. The maximum atomic E-state index is 12.9. The van der Waals surface area contributed by atoms with Gasteiger partial charge >= 0.3 is 18.1 Å². The fraction of sp³-hybridized carbons (Fsp3) is 0.429. The molecule has 7 nitrogen and oxygen atoms in total. The molecule has 0 aromatic heterocycles. The van der Waals surface area contributed by atoms with Crippen molar-refractivity contribution in [3.05, 3.63) is 29.3 Å². The van der Waals surface area contributed by atoms with Crippen LogP contribution in [0.2, 0.25) is 0 Å². The summed E-state index contributed by atoms with van der Waals surface area (Å²) in [6, 6.07) is 1.66. The number of esters is 1. The summed E-state index contributed by atoms with van der Waals surface area (Å²) in [4.78, 5) is 21.9. The number of carboxylic acid groups (broad SMARTS) is 1. The Morgan fingerprint density at radius 1 is 1.32 bits per heavy atom.